The molecule has 154 valence electrons. The summed E-state index contributed by atoms with van der Waals surface area (Å²) in [4.78, 5) is 30.7. The first kappa shape index (κ1) is 20.3. The first-order chi connectivity index (χ1) is 14.5. The van der Waals surface area contributed by atoms with Crippen LogP contribution in [0.5, 0.6) is 0 Å². The molecule has 30 heavy (non-hydrogen) atoms. The summed E-state index contributed by atoms with van der Waals surface area (Å²) in [7, 11) is 0. The first-order valence-corrected chi connectivity index (χ1v) is 11.1. The predicted octanol–water partition coefficient (Wildman–Crippen LogP) is 3.84. The van der Waals surface area contributed by atoms with Crippen LogP contribution in [-0.4, -0.2) is 21.7 Å². The van der Waals surface area contributed by atoms with E-state index in [-0.39, 0.29) is 11.5 Å². The van der Waals surface area contributed by atoms with Crippen molar-refractivity contribution in [3.8, 4) is 11.3 Å². The number of nitrogens with zero attached hydrogens (tertiary/aromatic N) is 3. The zero-order valence-electron chi connectivity index (χ0n) is 17.4. The van der Waals surface area contributed by atoms with E-state index in [9.17, 15) is 9.59 Å². The molecule has 0 bridgehead atoms. The number of thioether (sulfide) groups is 1. The third kappa shape index (κ3) is 3.54. The van der Waals surface area contributed by atoms with Crippen LogP contribution in [0.15, 0.2) is 58.5 Å². The Morgan fingerprint density at radius 3 is 2.67 bits per heavy atom. The lowest BCUT2D eigenvalue weighted by Gasteiger charge is -2.31. The van der Waals surface area contributed by atoms with Gasteiger partial charge in [0.2, 0.25) is 11.1 Å². The fourth-order valence-corrected chi connectivity index (χ4v) is 4.79. The highest BCUT2D eigenvalue weighted by Crippen LogP contribution is 2.37. The van der Waals surface area contributed by atoms with Crippen LogP contribution in [-0.2, 0) is 4.79 Å². The molecule has 1 aliphatic heterocycles. The Morgan fingerprint density at radius 2 is 1.93 bits per heavy atom. The van der Waals surface area contributed by atoms with Crippen LogP contribution in [0.25, 0.3) is 11.3 Å². The molecular weight excluding hydrogens is 396 g/mol. The number of unbranched alkanes of at least 4 members (excludes halogenated alkanes) is 1. The highest BCUT2D eigenvalue weighted by atomic mass is 32.2. The second-order valence-corrected chi connectivity index (χ2v) is 8.47. The normalized spacial score (nSPS) is 14.9. The van der Waals surface area contributed by atoms with E-state index in [1.54, 1.807) is 16.5 Å². The Hall–Kier alpha value is -2.93. The maximum absolute atomic E-state index is 13.2. The Kier molecular flexibility index (Phi) is 5.72. The molecule has 1 atom stereocenters. The van der Waals surface area contributed by atoms with Crippen molar-refractivity contribution in [1.82, 2.24) is 10.1 Å². The van der Waals surface area contributed by atoms with E-state index in [1.165, 1.54) is 11.8 Å². The highest BCUT2D eigenvalue weighted by molar-refractivity contribution is 7.99. The van der Waals surface area contributed by atoms with Crippen LogP contribution >= 0.6 is 11.8 Å². The molecule has 7 heteroatoms. The zero-order chi connectivity index (χ0) is 21.3. The van der Waals surface area contributed by atoms with Crippen molar-refractivity contribution in [3.63, 3.8) is 0 Å². The quantitative estimate of drug-likeness (QED) is 0.386. The summed E-state index contributed by atoms with van der Waals surface area (Å²) < 4.78 is 1.72. The second kappa shape index (κ2) is 8.44. The number of carbonyl (C=O) groups excluding carboxylic acids is 1. The van der Waals surface area contributed by atoms with Gasteiger partial charge in [0, 0.05) is 23.3 Å². The standard InChI is InChI=1S/C23H24N4O2S/c1-4-5-14-30-23-24-21(29)20-18-12-8-9-13-19(18)26(16(3)28)22(27(20)25-23)17-11-7-6-10-15(17)2/h6-13,22H,4-5,14H2,1-3H3/p+1. The summed E-state index contributed by atoms with van der Waals surface area (Å²) in [5, 5.41) is 5.37. The molecule has 2 heterocycles. The molecule has 3 aromatic rings. The molecular formula is C23H25N4O2S+. The number of benzene rings is 2. The molecule has 0 aliphatic carbocycles. The van der Waals surface area contributed by atoms with Crippen LogP contribution in [0.2, 0.25) is 0 Å². The maximum Gasteiger partial charge on any atom is 0.325 e. The lowest BCUT2D eigenvalue weighted by atomic mass is 9.99. The number of carbonyl (C=O) groups is 1. The molecule has 1 aliphatic rings. The fraction of sp³-hybridized carbons (Fsp3) is 0.304. The molecule has 1 unspecified atom stereocenters. The molecule has 4 rings (SSSR count). The molecule has 1 N–H and O–H groups in total. The number of para-hydroxylation sites is 1. The van der Waals surface area contributed by atoms with Gasteiger partial charge in [0.25, 0.3) is 6.17 Å². The number of amides is 1. The average molecular weight is 422 g/mol. The highest BCUT2D eigenvalue weighted by Gasteiger charge is 2.45. The van der Waals surface area contributed by atoms with Gasteiger partial charge in [-0.2, -0.15) is 0 Å². The van der Waals surface area contributed by atoms with Gasteiger partial charge in [0.05, 0.1) is 11.3 Å². The Balaban J connectivity index is 1.99. The van der Waals surface area contributed by atoms with Crippen LogP contribution in [0.4, 0.5) is 5.69 Å². The minimum absolute atomic E-state index is 0.101. The predicted molar refractivity (Wildman–Crippen MR) is 119 cm³/mol. The van der Waals surface area contributed by atoms with E-state index in [4.69, 9.17) is 5.10 Å². The number of hydrogen-bond acceptors (Lipinski definition) is 4. The van der Waals surface area contributed by atoms with E-state index >= 15 is 0 Å². The summed E-state index contributed by atoms with van der Waals surface area (Å²) in [6, 6.07) is 15.4. The number of H-pyrrole nitrogens is 1. The van der Waals surface area contributed by atoms with Gasteiger partial charge in [-0.3, -0.25) is 14.6 Å². The van der Waals surface area contributed by atoms with Gasteiger partial charge in [-0.1, -0.05) is 55.4 Å². The average Bonchev–Trinajstić information content (AvgIpc) is 2.73. The van der Waals surface area contributed by atoms with Gasteiger partial charge >= 0.3 is 11.3 Å². The Labute approximate surface area is 180 Å². The minimum Gasteiger partial charge on any atom is -0.291 e. The second-order valence-electron chi connectivity index (χ2n) is 7.39. The smallest absolute Gasteiger partial charge is 0.291 e. The summed E-state index contributed by atoms with van der Waals surface area (Å²) in [5.41, 5.74) is 3.67. The van der Waals surface area contributed by atoms with Crippen LogP contribution < -0.4 is 15.1 Å². The van der Waals surface area contributed by atoms with Crippen molar-refractivity contribution in [3.05, 3.63) is 70.0 Å². The topological polar surface area (TPSA) is 69.9 Å². The molecule has 1 aromatic heterocycles. The molecule has 2 aromatic carbocycles. The van der Waals surface area contributed by atoms with Gasteiger partial charge < -0.3 is 0 Å². The van der Waals surface area contributed by atoms with Gasteiger partial charge in [-0.15, -0.1) is 0 Å². The minimum atomic E-state index is -0.526. The van der Waals surface area contributed by atoms with E-state index in [0.29, 0.717) is 16.4 Å². The molecule has 6 nitrogen and oxygen atoms in total. The summed E-state index contributed by atoms with van der Waals surface area (Å²) >= 11 is 1.53. The lowest BCUT2D eigenvalue weighted by Crippen LogP contribution is -2.60. The monoisotopic (exact) mass is 421 g/mol. The van der Waals surface area contributed by atoms with E-state index < -0.39 is 6.17 Å². The van der Waals surface area contributed by atoms with Crippen molar-refractivity contribution in [1.29, 1.82) is 0 Å². The fourth-order valence-electron chi connectivity index (χ4n) is 3.85. The van der Waals surface area contributed by atoms with Crippen LogP contribution in [0.1, 0.15) is 44.0 Å². The SMILES string of the molecule is CCCCSc1n[n+]2c(c(=O)[nH]1)-c1ccccc1N(C(C)=O)C2c1ccccc1C. The number of aryl methyl sites for hydroxylation is 1. The number of anilines is 1. The molecule has 0 saturated carbocycles. The van der Waals surface area contributed by atoms with Gasteiger partial charge in [-0.25, -0.2) is 4.90 Å². The Bertz CT molecular complexity index is 1160. The number of aromatic nitrogens is 3. The molecule has 0 radical (unpaired) electrons. The summed E-state index contributed by atoms with van der Waals surface area (Å²) in [5.74, 6) is 0.775. The maximum atomic E-state index is 13.2. The first-order valence-electron chi connectivity index (χ1n) is 10.2. The van der Waals surface area contributed by atoms with Gasteiger partial charge in [-0.05, 0) is 41.8 Å². The molecule has 1 amide bonds. The van der Waals surface area contributed by atoms with Crippen LogP contribution in [0, 0.1) is 6.92 Å². The van der Waals surface area contributed by atoms with Crippen molar-refractivity contribution >= 4 is 23.4 Å². The van der Waals surface area contributed by atoms with Crippen molar-refractivity contribution in [2.24, 2.45) is 0 Å². The largest absolute Gasteiger partial charge is 0.325 e. The van der Waals surface area contributed by atoms with Gasteiger partial charge in [0.15, 0.2) is 0 Å². The Morgan fingerprint density at radius 1 is 1.20 bits per heavy atom. The number of nitrogens with one attached hydrogen (secondary N) is 1. The van der Waals surface area contributed by atoms with Crippen molar-refractivity contribution in [2.75, 3.05) is 10.7 Å². The van der Waals surface area contributed by atoms with Gasteiger partial charge in [0.1, 0.15) is 0 Å². The molecule has 0 saturated heterocycles. The van der Waals surface area contributed by atoms with Crippen molar-refractivity contribution < 1.29 is 9.48 Å². The van der Waals surface area contributed by atoms with Crippen LogP contribution in [0.3, 0.4) is 0 Å². The number of aromatic amines is 1. The third-order valence-corrected chi connectivity index (χ3v) is 6.25. The van der Waals surface area contributed by atoms with E-state index in [2.05, 4.69) is 11.9 Å². The summed E-state index contributed by atoms with van der Waals surface area (Å²) in [6.07, 6.45) is 1.59. The zero-order valence-corrected chi connectivity index (χ0v) is 18.2. The lowest BCUT2D eigenvalue weighted by molar-refractivity contribution is -0.763. The summed E-state index contributed by atoms with van der Waals surface area (Å²) in [6.45, 7) is 5.70. The van der Waals surface area contributed by atoms with E-state index in [0.717, 1.165) is 35.4 Å². The number of rotatable bonds is 5. The number of hydrogen-bond donors (Lipinski definition) is 1. The molecule has 0 fully saturated rings. The van der Waals surface area contributed by atoms with Crippen molar-refractivity contribution in [2.45, 2.75) is 44.9 Å². The van der Waals surface area contributed by atoms with E-state index in [1.807, 2.05) is 55.5 Å². The molecule has 0 spiro atoms. The number of fused-ring (bicyclic) bond motifs is 3. The third-order valence-electron chi connectivity index (χ3n) is 5.30.